The quantitative estimate of drug-likeness (QED) is 0.0728. The number of benzene rings is 3. The molecule has 44 heavy (non-hydrogen) atoms. The van der Waals surface area contributed by atoms with Crippen LogP contribution in [0.1, 0.15) is 102 Å². The molecule has 0 radical (unpaired) electrons. The first kappa shape index (κ1) is 34.7. The average molecular weight is 603 g/mol. The third kappa shape index (κ3) is 12.1. The van der Waals surface area contributed by atoms with Crippen LogP contribution in [0, 0.1) is 5.92 Å². The summed E-state index contributed by atoms with van der Waals surface area (Å²) in [5.41, 5.74) is 2.51. The molecule has 0 aromatic heterocycles. The predicted octanol–water partition coefficient (Wildman–Crippen LogP) is 9.84. The summed E-state index contributed by atoms with van der Waals surface area (Å²) in [6, 6.07) is 22.0. The highest BCUT2D eigenvalue weighted by atomic mass is 16.6. The van der Waals surface area contributed by atoms with Crippen molar-refractivity contribution in [1.82, 2.24) is 0 Å². The van der Waals surface area contributed by atoms with E-state index in [0.717, 1.165) is 42.7 Å². The fraction of sp³-hybridized carbons (Fsp3) is 0.474. The Kier molecular flexibility index (Phi) is 15.4. The maximum absolute atomic E-state index is 12.7. The highest BCUT2D eigenvalue weighted by molar-refractivity contribution is 5.91. The number of esters is 2. The molecule has 0 spiro atoms. The van der Waals surface area contributed by atoms with Crippen molar-refractivity contribution < 1.29 is 28.5 Å². The smallest absolute Gasteiger partial charge is 0.347 e. The molecule has 0 saturated heterocycles. The van der Waals surface area contributed by atoms with E-state index in [1.807, 2.05) is 36.4 Å². The maximum Gasteiger partial charge on any atom is 0.347 e. The molecule has 0 amide bonds. The largest absolute Gasteiger partial charge is 0.494 e. The Balaban J connectivity index is 1.41. The van der Waals surface area contributed by atoms with Gasteiger partial charge in [-0.1, -0.05) is 103 Å². The third-order valence-electron chi connectivity index (χ3n) is 7.87. The molecule has 3 aromatic carbocycles. The zero-order chi connectivity index (χ0) is 31.6. The second-order valence-corrected chi connectivity index (χ2v) is 11.4. The summed E-state index contributed by atoms with van der Waals surface area (Å²) in [5, 5.41) is 0. The standard InChI is InChI=1S/C38H50O6/c1-5-8-9-10-11-12-13-14-27-41-34-21-19-32(20-22-34)31-15-17-33(18-16-31)38(40)44-36-25-23-35(24-26-36)43-29(4)37(39)42-28-30(6-2)7-3/h15-26,29-30H,5-14,27-28H2,1-4H3. The first-order chi connectivity index (χ1) is 21.4. The van der Waals surface area contributed by atoms with Gasteiger partial charge in [-0.2, -0.15) is 0 Å². The SMILES string of the molecule is CCCCCCCCCCOc1ccc(-c2ccc(C(=O)Oc3ccc(OC(C)C(=O)OCC(CC)CC)cc3)cc2)cc1. The van der Waals surface area contributed by atoms with Gasteiger partial charge in [0.05, 0.1) is 18.8 Å². The van der Waals surface area contributed by atoms with E-state index in [9.17, 15) is 9.59 Å². The van der Waals surface area contributed by atoms with E-state index in [0.29, 0.717) is 29.6 Å². The van der Waals surface area contributed by atoms with Gasteiger partial charge in [-0.15, -0.1) is 0 Å². The van der Waals surface area contributed by atoms with E-state index < -0.39 is 18.0 Å². The number of rotatable bonds is 20. The van der Waals surface area contributed by atoms with E-state index in [1.165, 1.54) is 44.9 Å². The molecule has 3 rings (SSSR count). The van der Waals surface area contributed by atoms with E-state index in [2.05, 4.69) is 20.8 Å². The highest BCUT2D eigenvalue weighted by Gasteiger charge is 2.18. The van der Waals surface area contributed by atoms with Gasteiger partial charge in [0.15, 0.2) is 6.10 Å². The maximum atomic E-state index is 12.7. The molecule has 0 heterocycles. The molecule has 0 saturated carbocycles. The monoisotopic (exact) mass is 602 g/mol. The summed E-state index contributed by atoms with van der Waals surface area (Å²) in [7, 11) is 0. The molecule has 0 fully saturated rings. The van der Waals surface area contributed by atoms with Gasteiger partial charge in [-0.05, 0) is 78.9 Å². The molecule has 0 aliphatic carbocycles. The van der Waals surface area contributed by atoms with Crippen molar-refractivity contribution in [1.29, 1.82) is 0 Å². The number of carbonyl (C=O) groups excluding carboxylic acids is 2. The van der Waals surface area contributed by atoms with E-state index >= 15 is 0 Å². The van der Waals surface area contributed by atoms with Crippen molar-refractivity contribution in [2.45, 2.75) is 98.0 Å². The van der Waals surface area contributed by atoms with Crippen LogP contribution in [-0.4, -0.2) is 31.3 Å². The van der Waals surface area contributed by atoms with Gasteiger partial charge in [-0.3, -0.25) is 0 Å². The lowest BCUT2D eigenvalue weighted by atomic mass is 10.0. The number of hydrogen-bond donors (Lipinski definition) is 0. The Hall–Kier alpha value is -3.80. The second-order valence-electron chi connectivity index (χ2n) is 11.4. The van der Waals surface area contributed by atoms with Gasteiger partial charge in [0.2, 0.25) is 0 Å². The molecule has 0 N–H and O–H groups in total. The van der Waals surface area contributed by atoms with E-state index in [4.69, 9.17) is 18.9 Å². The van der Waals surface area contributed by atoms with Gasteiger partial charge in [0.1, 0.15) is 17.2 Å². The zero-order valence-corrected chi connectivity index (χ0v) is 27.0. The van der Waals surface area contributed by atoms with Crippen LogP contribution < -0.4 is 14.2 Å². The fourth-order valence-corrected chi connectivity index (χ4v) is 4.81. The molecule has 6 heteroatoms. The fourth-order valence-electron chi connectivity index (χ4n) is 4.81. The highest BCUT2D eigenvalue weighted by Crippen LogP contribution is 2.25. The summed E-state index contributed by atoms with van der Waals surface area (Å²) in [6.07, 6.45) is 11.5. The minimum Gasteiger partial charge on any atom is -0.494 e. The molecule has 0 bridgehead atoms. The first-order valence-corrected chi connectivity index (χ1v) is 16.4. The molecule has 1 atom stereocenters. The predicted molar refractivity (Wildman–Crippen MR) is 177 cm³/mol. The van der Waals surface area contributed by atoms with Crippen LogP contribution in [0.3, 0.4) is 0 Å². The molecule has 1 unspecified atom stereocenters. The van der Waals surface area contributed by atoms with Crippen LogP contribution in [0.15, 0.2) is 72.8 Å². The van der Waals surface area contributed by atoms with Crippen molar-refractivity contribution in [3.63, 3.8) is 0 Å². The van der Waals surface area contributed by atoms with Gasteiger partial charge in [0, 0.05) is 0 Å². The molecule has 0 aliphatic heterocycles. The lowest BCUT2D eigenvalue weighted by molar-refractivity contribution is -0.152. The Bertz CT molecular complexity index is 1230. The summed E-state index contributed by atoms with van der Waals surface area (Å²) >= 11 is 0. The summed E-state index contributed by atoms with van der Waals surface area (Å²) in [4.78, 5) is 25.0. The van der Waals surface area contributed by atoms with Gasteiger partial charge in [0.25, 0.3) is 0 Å². The number of hydrogen-bond acceptors (Lipinski definition) is 6. The number of carbonyl (C=O) groups is 2. The van der Waals surface area contributed by atoms with Crippen LogP contribution in [0.5, 0.6) is 17.2 Å². The minimum atomic E-state index is -0.736. The molecule has 3 aromatic rings. The average Bonchev–Trinajstić information content (AvgIpc) is 3.05. The van der Waals surface area contributed by atoms with Crippen molar-refractivity contribution in [3.8, 4) is 28.4 Å². The normalized spacial score (nSPS) is 11.7. The summed E-state index contributed by atoms with van der Waals surface area (Å²) < 4.78 is 22.6. The van der Waals surface area contributed by atoms with Crippen molar-refractivity contribution in [3.05, 3.63) is 78.4 Å². The number of unbranched alkanes of at least 4 members (excludes halogenated alkanes) is 7. The minimum absolute atomic E-state index is 0.358. The Morgan fingerprint density at radius 2 is 1.16 bits per heavy atom. The number of ether oxygens (including phenoxy) is 4. The molecule has 0 aliphatic rings. The Morgan fingerprint density at radius 1 is 0.636 bits per heavy atom. The molecular weight excluding hydrogens is 552 g/mol. The summed E-state index contributed by atoms with van der Waals surface area (Å²) in [5.74, 6) is 1.27. The van der Waals surface area contributed by atoms with Crippen molar-refractivity contribution in [2.24, 2.45) is 5.92 Å². The lowest BCUT2D eigenvalue weighted by Crippen LogP contribution is -2.27. The van der Waals surface area contributed by atoms with Crippen molar-refractivity contribution >= 4 is 11.9 Å². The molecule has 6 nitrogen and oxygen atoms in total. The van der Waals surface area contributed by atoms with Gasteiger partial charge in [-0.25, -0.2) is 9.59 Å². The van der Waals surface area contributed by atoms with Gasteiger partial charge >= 0.3 is 11.9 Å². The molecular formula is C38H50O6. The second kappa shape index (κ2) is 19.5. The van der Waals surface area contributed by atoms with E-state index in [-0.39, 0.29) is 0 Å². The van der Waals surface area contributed by atoms with Crippen LogP contribution in [0.2, 0.25) is 0 Å². The Morgan fingerprint density at radius 3 is 1.75 bits per heavy atom. The van der Waals surface area contributed by atoms with Gasteiger partial charge < -0.3 is 18.9 Å². The van der Waals surface area contributed by atoms with Crippen LogP contribution in [-0.2, 0) is 9.53 Å². The topological polar surface area (TPSA) is 71.1 Å². The van der Waals surface area contributed by atoms with Crippen LogP contribution >= 0.6 is 0 Å². The first-order valence-electron chi connectivity index (χ1n) is 16.4. The lowest BCUT2D eigenvalue weighted by Gasteiger charge is -2.17. The van der Waals surface area contributed by atoms with Crippen LogP contribution in [0.25, 0.3) is 11.1 Å². The van der Waals surface area contributed by atoms with Crippen LogP contribution in [0.4, 0.5) is 0 Å². The molecule has 238 valence electrons. The van der Waals surface area contributed by atoms with Crippen molar-refractivity contribution in [2.75, 3.05) is 13.2 Å². The van der Waals surface area contributed by atoms with E-state index in [1.54, 1.807) is 43.3 Å². The zero-order valence-electron chi connectivity index (χ0n) is 27.0. The summed E-state index contributed by atoms with van der Waals surface area (Å²) in [6.45, 7) is 9.22. The third-order valence-corrected chi connectivity index (χ3v) is 7.87. The Labute approximate surface area is 264 Å².